The first-order valence-electron chi connectivity index (χ1n) is 13.3. The van der Waals surface area contributed by atoms with Crippen LogP contribution in [0.25, 0.3) is 22.3 Å². The summed E-state index contributed by atoms with van der Waals surface area (Å²) in [5.74, 6) is -1.39. The van der Waals surface area contributed by atoms with E-state index in [4.69, 9.17) is 18.6 Å². The van der Waals surface area contributed by atoms with E-state index < -0.39 is 108 Å². The van der Waals surface area contributed by atoms with Crippen molar-refractivity contribution >= 4 is 11.0 Å². The van der Waals surface area contributed by atoms with Crippen molar-refractivity contribution in [2.75, 3.05) is 20.3 Å². The van der Waals surface area contributed by atoms with Crippen molar-refractivity contribution < 1.29 is 69.7 Å². The lowest BCUT2D eigenvalue weighted by Crippen LogP contribution is -2.55. The SMILES string of the molecule is COc1c([C@@H]2O[C@H](CO)[C@@H](O)[C@H](O)[C@H]2O)c(O)c2c(=O)cc(-c3ccc(O)cc3)oc2c1[C@@H]1O[C@H](CO)[C@H](O)[C@H](O)[C@H]1O. The lowest BCUT2D eigenvalue weighted by Gasteiger charge is -2.42. The molecule has 2 aliphatic rings. The first-order valence-corrected chi connectivity index (χ1v) is 13.3. The van der Waals surface area contributed by atoms with E-state index in [9.17, 15) is 55.9 Å². The molecular weight excluding hydrogens is 576 g/mol. The highest BCUT2D eigenvalue weighted by molar-refractivity contribution is 5.92. The number of benzene rings is 2. The molecule has 3 aromatic rings. The zero-order valence-corrected chi connectivity index (χ0v) is 22.6. The molecule has 0 unspecified atom stereocenters. The Kier molecular flexibility index (Phi) is 8.65. The van der Waals surface area contributed by atoms with Crippen LogP contribution in [0.1, 0.15) is 23.3 Å². The van der Waals surface area contributed by atoms with Crippen LogP contribution in [0.3, 0.4) is 0 Å². The first-order chi connectivity index (χ1) is 20.4. The fourth-order valence-corrected chi connectivity index (χ4v) is 5.59. The van der Waals surface area contributed by atoms with Gasteiger partial charge in [-0.2, -0.15) is 0 Å². The maximum atomic E-state index is 13.6. The minimum absolute atomic E-state index is 0.0645. The number of hydrogen-bond donors (Lipinski definition) is 10. The fraction of sp³-hybridized carbons (Fsp3) is 0.464. The second-order valence-corrected chi connectivity index (χ2v) is 10.4. The molecule has 0 spiro atoms. The third-order valence-corrected chi connectivity index (χ3v) is 7.88. The Morgan fingerprint density at radius 3 is 1.74 bits per heavy atom. The summed E-state index contributed by atoms with van der Waals surface area (Å²) in [4.78, 5) is 13.6. The number of methoxy groups -OCH3 is 1. The number of hydrogen-bond acceptors (Lipinski definition) is 15. The lowest BCUT2D eigenvalue weighted by atomic mass is 9.85. The second-order valence-electron chi connectivity index (χ2n) is 10.4. The van der Waals surface area contributed by atoms with Gasteiger partial charge in [-0.1, -0.05) is 0 Å². The van der Waals surface area contributed by atoms with Crippen LogP contribution in [-0.4, -0.2) is 120 Å². The van der Waals surface area contributed by atoms with E-state index in [2.05, 4.69) is 0 Å². The van der Waals surface area contributed by atoms with E-state index in [0.717, 1.165) is 13.2 Å². The Morgan fingerprint density at radius 1 is 0.744 bits per heavy atom. The summed E-state index contributed by atoms with van der Waals surface area (Å²) >= 11 is 0. The number of aromatic hydroxyl groups is 2. The molecule has 10 atom stereocenters. The largest absolute Gasteiger partial charge is 0.508 e. The molecule has 5 rings (SSSR count). The van der Waals surface area contributed by atoms with Gasteiger partial charge in [-0.15, -0.1) is 0 Å². The van der Waals surface area contributed by atoms with Gasteiger partial charge in [0.25, 0.3) is 0 Å². The normalized spacial score (nSPS) is 33.0. The molecule has 10 N–H and O–H groups in total. The van der Waals surface area contributed by atoms with Crippen LogP contribution in [-0.2, 0) is 9.47 Å². The lowest BCUT2D eigenvalue weighted by molar-refractivity contribution is -0.233. The number of ether oxygens (including phenoxy) is 3. The van der Waals surface area contributed by atoms with Crippen molar-refractivity contribution in [1.82, 2.24) is 0 Å². The van der Waals surface area contributed by atoms with Crippen molar-refractivity contribution in [3.63, 3.8) is 0 Å². The molecule has 43 heavy (non-hydrogen) atoms. The maximum Gasteiger partial charge on any atom is 0.197 e. The molecule has 234 valence electrons. The van der Waals surface area contributed by atoms with Crippen molar-refractivity contribution in [3.8, 4) is 28.6 Å². The average Bonchev–Trinajstić information content (AvgIpc) is 2.99. The summed E-state index contributed by atoms with van der Waals surface area (Å²) in [6.07, 6.45) is -17.4. The van der Waals surface area contributed by atoms with Gasteiger partial charge < -0.3 is 69.7 Å². The van der Waals surface area contributed by atoms with Crippen molar-refractivity contribution in [1.29, 1.82) is 0 Å². The average molecular weight is 609 g/mol. The number of aliphatic hydroxyl groups is 8. The van der Waals surface area contributed by atoms with Gasteiger partial charge >= 0.3 is 0 Å². The van der Waals surface area contributed by atoms with Gasteiger partial charge in [-0.05, 0) is 24.3 Å². The number of phenolic OH excluding ortho intramolecular Hbond substituents is 2. The second kappa shape index (κ2) is 12.0. The quantitative estimate of drug-likeness (QED) is 0.144. The van der Waals surface area contributed by atoms with Gasteiger partial charge in [0.05, 0.1) is 31.5 Å². The van der Waals surface area contributed by atoms with Gasteiger partial charge in [-0.25, -0.2) is 0 Å². The summed E-state index contributed by atoms with van der Waals surface area (Å²) in [6, 6.07) is 6.56. The molecule has 0 radical (unpaired) electrons. The van der Waals surface area contributed by atoms with E-state index >= 15 is 0 Å². The smallest absolute Gasteiger partial charge is 0.197 e. The predicted molar refractivity (Wildman–Crippen MR) is 143 cm³/mol. The van der Waals surface area contributed by atoms with Crippen LogP contribution in [0, 0.1) is 0 Å². The van der Waals surface area contributed by atoms with Crippen LogP contribution in [0.5, 0.6) is 17.2 Å². The number of phenols is 2. The maximum absolute atomic E-state index is 13.6. The van der Waals surface area contributed by atoms with E-state index in [1.54, 1.807) is 0 Å². The molecule has 2 saturated heterocycles. The molecule has 2 aromatic carbocycles. The topological polar surface area (TPSA) is 260 Å². The van der Waals surface area contributed by atoms with Crippen molar-refractivity contribution in [3.05, 3.63) is 51.7 Å². The molecule has 0 saturated carbocycles. The van der Waals surface area contributed by atoms with Crippen LogP contribution < -0.4 is 10.2 Å². The van der Waals surface area contributed by atoms with E-state index in [1.165, 1.54) is 24.3 Å². The number of fused-ring (bicyclic) bond motifs is 1. The van der Waals surface area contributed by atoms with E-state index in [1.807, 2.05) is 0 Å². The third kappa shape index (κ3) is 5.12. The fourth-order valence-electron chi connectivity index (χ4n) is 5.59. The first kappa shape index (κ1) is 31.1. The molecule has 15 nitrogen and oxygen atoms in total. The zero-order chi connectivity index (χ0) is 31.3. The Balaban J connectivity index is 1.85. The molecule has 2 fully saturated rings. The van der Waals surface area contributed by atoms with Gasteiger partial charge in [0.2, 0.25) is 0 Å². The van der Waals surface area contributed by atoms with Gasteiger partial charge in [0.15, 0.2) is 11.0 Å². The monoisotopic (exact) mass is 608 g/mol. The Hall–Kier alpha value is -3.35. The zero-order valence-electron chi connectivity index (χ0n) is 22.6. The highest BCUT2D eigenvalue weighted by atomic mass is 16.6. The molecule has 0 bridgehead atoms. The van der Waals surface area contributed by atoms with Crippen LogP contribution in [0.15, 0.2) is 39.5 Å². The molecule has 0 aliphatic carbocycles. The minimum Gasteiger partial charge on any atom is -0.508 e. The van der Waals surface area contributed by atoms with Crippen LogP contribution in [0.4, 0.5) is 0 Å². The van der Waals surface area contributed by atoms with Crippen LogP contribution in [0.2, 0.25) is 0 Å². The highest BCUT2D eigenvalue weighted by Crippen LogP contribution is 2.51. The molecule has 15 heteroatoms. The highest BCUT2D eigenvalue weighted by Gasteiger charge is 2.50. The van der Waals surface area contributed by atoms with Crippen molar-refractivity contribution in [2.24, 2.45) is 0 Å². The summed E-state index contributed by atoms with van der Waals surface area (Å²) < 4.78 is 23.0. The number of rotatable bonds is 6. The summed E-state index contributed by atoms with van der Waals surface area (Å²) in [7, 11) is 1.11. The molecule has 3 heterocycles. The molecule has 0 amide bonds. The van der Waals surface area contributed by atoms with E-state index in [0.29, 0.717) is 5.56 Å². The Labute approximate surface area is 242 Å². The molecule has 2 aliphatic heterocycles. The summed E-state index contributed by atoms with van der Waals surface area (Å²) in [6.45, 7) is -1.61. The Morgan fingerprint density at radius 2 is 1.26 bits per heavy atom. The van der Waals surface area contributed by atoms with Gasteiger partial charge in [0.1, 0.15) is 89.4 Å². The van der Waals surface area contributed by atoms with Gasteiger partial charge in [0, 0.05) is 11.6 Å². The van der Waals surface area contributed by atoms with Crippen LogP contribution >= 0.6 is 0 Å². The summed E-state index contributed by atoms with van der Waals surface area (Å²) in [5.41, 5.74) is -1.71. The Bertz CT molecular complexity index is 1520. The standard InChI is InChI=1S/C28H32O15/c1-40-25-16(27-23(38)21(36)18(33)13(7-29)42-27)20(35)15-11(32)6-12(9-2-4-10(31)5-3-9)41-26(15)17(25)28-24(39)22(37)19(34)14(8-30)43-28/h2-6,13-14,18-19,21-24,27-31,33-39H,7-8H2,1H3/t13-,14-,18-,19+,21+,22+,23-,24-,27+,28+/m1/s1. The third-order valence-electron chi connectivity index (χ3n) is 7.88. The van der Waals surface area contributed by atoms with E-state index in [-0.39, 0.29) is 17.1 Å². The number of aliphatic hydroxyl groups excluding tert-OH is 8. The van der Waals surface area contributed by atoms with Crippen molar-refractivity contribution in [2.45, 2.75) is 61.0 Å². The predicted octanol–water partition coefficient (Wildman–Crippen LogP) is -2.09. The summed E-state index contributed by atoms with van der Waals surface area (Å²) in [5, 5.41) is 104. The molecular formula is C28H32O15. The molecule has 1 aromatic heterocycles. The minimum atomic E-state index is -1.94. The van der Waals surface area contributed by atoms with Gasteiger partial charge in [-0.3, -0.25) is 4.79 Å².